The third-order valence-electron chi connectivity index (χ3n) is 4.17. The van der Waals surface area contributed by atoms with Crippen LogP contribution in [0.5, 0.6) is 0 Å². The molecule has 2 aromatic rings. The van der Waals surface area contributed by atoms with Gasteiger partial charge in [0, 0.05) is 30.7 Å². The minimum absolute atomic E-state index is 0.412. The topological polar surface area (TPSA) is 45.5 Å². The normalized spacial score (nSPS) is 16.6. The first-order valence-electron chi connectivity index (χ1n) is 7.19. The van der Waals surface area contributed by atoms with E-state index < -0.39 is 5.97 Å². The lowest BCUT2D eigenvalue weighted by molar-refractivity contribution is 0.0699. The molecule has 0 spiro atoms. The molecule has 106 valence electrons. The molecule has 1 fully saturated rings. The van der Waals surface area contributed by atoms with Crippen LogP contribution in [-0.2, 0) is 13.6 Å². The Hall–Kier alpha value is -1.81. The average Bonchev–Trinajstić information content (AvgIpc) is 2.77. The molecule has 0 unspecified atom stereocenters. The molecule has 0 amide bonds. The van der Waals surface area contributed by atoms with Crippen molar-refractivity contribution in [1.29, 1.82) is 0 Å². The van der Waals surface area contributed by atoms with Gasteiger partial charge in [0.2, 0.25) is 0 Å². The van der Waals surface area contributed by atoms with Crippen molar-refractivity contribution >= 4 is 16.9 Å². The summed E-state index contributed by atoms with van der Waals surface area (Å²) in [6.07, 6.45) is 5.88. The van der Waals surface area contributed by atoms with E-state index in [0.29, 0.717) is 5.56 Å². The predicted molar refractivity (Wildman–Crippen MR) is 79.0 cm³/mol. The van der Waals surface area contributed by atoms with Crippen molar-refractivity contribution in [2.24, 2.45) is 7.05 Å². The Bertz CT molecular complexity index is 639. The maximum absolute atomic E-state index is 11.4. The van der Waals surface area contributed by atoms with E-state index in [1.807, 2.05) is 23.7 Å². The number of aryl methyl sites for hydroxylation is 1. The zero-order valence-corrected chi connectivity index (χ0v) is 11.8. The highest BCUT2D eigenvalue weighted by Gasteiger charge is 2.18. The first-order valence-corrected chi connectivity index (χ1v) is 7.19. The van der Waals surface area contributed by atoms with Gasteiger partial charge in [0.05, 0.1) is 5.56 Å². The third kappa shape index (κ3) is 2.31. The molecular weight excluding hydrogens is 252 g/mol. The smallest absolute Gasteiger partial charge is 0.336 e. The largest absolute Gasteiger partial charge is 0.478 e. The third-order valence-corrected chi connectivity index (χ3v) is 4.17. The van der Waals surface area contributed by atoms with Gasteiger partial charge in [-0.15, -0.1) is 0 Å². The van der Waals surface area contributed by atoms with Crippen LogP contribution in [0.1, 0.15) is 35.2 Å². The monoisotopic (exact) mass is 272 g/mol. The Morgan fingerprint density at radius 3 is 2.70 bits per heavy atom. The molecule has 20 heavy (non-hydrogen) atoms. The van der Waals surface area contributed by atoms with Crippen LogP contribution in [0.25, 0.3) is 10.9 Å². The molecule has 0 radical (unpaired) electrons. The predicted octanol–water partition coefficient (Wildman–Crippen LogP) is 2.86. The molecule has 3 rings (SSSR count). The maximum atomic E-state index is 11.4. The summed E-state index contributed by atoms with van der Waals surface area (Å²) in [6.45, 7) is 3.08. The van der Waals surface area contributed by atoms with Gasteiger partial charge in [-0.2, -0.15) is 0 Å². The number of benzene rings is 1. The summed E-state index contributed by atoms with van der Waals surface area (Å²) in [4.78, 5) is 13.9. The number of fused-ring (bicyclic) bond motifs is 1. The van der Waals surface area contributed by atoms with Crippen molar-refractivity contribution in [2.75, 3.05) is 13.1 Å². The highest BCUT2D eigenvalue weighted by atomic mass is 16.4. The van der Waals surface area contributed by atoms with Crippen molar-refractivity contribution in [1.82, 2.24) is 9.47 Å². The fraction of sp³-hybridized carbons (Fsp3) is 0.438. The number of carboxylic acids is 1. The number of aromatic carboxylic acids is 1. The minimum Gasteiger partial charge on any atom is -0.478 e. The summed E-state index contributed by atoms with van der Waals surface area (Å²) in [6, 6.07) is 5.50. The quantitative estimate of drug-likeness (QED) is 0.934. The van der Waals surface area contributed by atoms with E-state index in [1.54, 1.807) is 6.07 Å². The van der Waals surface area contributed by atoms with Crippen LogP contribution < -0.4 is 0 Å². The zero-order valence-electron chi connectivity index (χ0n) is 11.8. The summed E-state index contributed by atoms with van der Waals surface area (Å²) < 4.78 is 2.03. The van der Waals surface area contributed by atoms with Crippen LogP contribution in [-0.4, -0.2) is 33.6 Å². The molecule has 0 saturated carbocycles. The molecule has 1 aliphatic rings. The summed E-state index contributed by atoms with van der Waals surface area (Å²) >= 11 is 0. The highest BCUT2D eigenvalue weighted by molar-refractivity contribution is 6.04. The van der Waals surface area contributed by atoms with Crippen molar-refractivity contribution in [2.45, 2.75) is 25.8 Å². The second-order valence-electron chi connectivity index (χ2n) is 5.61. The fourth-order valence-electron chi connectivity index (χ4n) is 3.20. The van der Waals surface area contributed by atoms with Crippen molar-refractivity contribution in [3.8, 4) is 0 Å². The van der Waals surface area contributed by atoms with Gasteiger partial charge in [-0.3, -0.25) is 4.90 Å². The Morgan fingerprint density at radius 1 is 1.25 bits per heavy atom. The van der Waals surface area contributed by atoms with Crippen LogP contribution in [0.2, 0.25) is 0 Å². The molecule has 1 aliphatic heterocycles. The summed E-state index contributed by atoms with van der Waals surface area (Å²) in [7, 11) is 1.98. The number of carboxylic acid groups (broad SMARTS) is 1. The molecule has 0 aliphatic carbocycles. The molecule has 4 heteroatoms. The van der Waals surface area contributed by atoms with Gasteiger partial charge < -0.3 is 9.67 Å². The lowest BCUT2D eigenvalue weighted by Crippen LogP contribution is -2.29. The number of rotatable bonds is 3. The summed E-state index contributed by atoms with van der Waals surface area (Å²) in [5, 5.41) is 10.3. The van der Waals surface area contributed by atoms with E-state index in [2.05, 4.69) is 11.1 Å². The first kappa shape index (κ1) is 13.2. The minimum atomic E-state index is -0.846. The first-order chi connectivity index (χ1) is 9.66. The Balaban J connectivity index is 2.03. The van der Waals surface area contributed by atoms with Gasteiger partial charge in [-0.25, -0.2) is 4.79 Å². The molecule has 1 aromatic carbocycles. The van der Waals surface area contributed by atoms with E-state index in [0.717, 1.165) is 36.1 Å². The number of carbonyl (C=O) groups is 1. The number of likely N-dealkylation sites (tertiary alicyclic amines) is 1. The van der Waals surface area contributed by atoms with E-state index in [9.17, 15) is 9.90 Å². The maximum Gasteiger partial charge on any atom is 0.336 e. The molecule has 0 atom stereocenters. The number of aromatic nitrogens is 1. The average molecular weight is 272 g/mol. The molecule has 1 saturated heterocycles. The van der Waals surface area contributed by atoms with Crippen LogP contribution in [0.4, 0.5) is 0 Å². The van der Waals surface area contributed by atoms with Gasteiger partial charge in [0.15, 0.2) is 0 Å². The second kappa shape index (κ2) is 5.29. The van der Waals surface area contributed by atoms with Crippen molar-refractivity contribution in [3.05, 3.63) is 35.5 Å². The van der Waals surface area contributed by atoms with Gasteiger partial charge in [-0.05, 0) is 43.6 Å². The fourth-order valence-corrected chi connectivity index (χ4v) is 3.20. The Kier molecular flexibility index (Phi) is 3.49. The zero-order chi connectivity index (χ0) is 14.1. The lowest BCUT2D eigenvalue weighted by atomic mass is 10.0. The molecule has 2 heterocycles. The van der Waals surface area contributed by atoms with Crippen molar-refractivity contribution in [3.63, 3.8) is 0 Å². The number of nitrogens with zero attached hydrogens (tertiary/aromatic N) is 2. The number of hydrogen-bond donors (Lipinski definition) is 1. The molecule has 1 aromatic heterocycles. The second-order valence-corrected chi connectivity index (χ2v) is 5.61. The van der Waals surface area contributed by atoms with Crippen LogP contribution in [0, 0.1) is 0 Å². The van der Waals surface area contributed by atoms with Gasteiger partial charge in [0.25, 0.3) is 0 Å². The van der Waals surface area contributed by atoms with Gasteiger partial charge in [0.1, 0.15) is 0 Å². The number of piperidine rings is 1. The van der Waals surface area contributed by atoms with E-state index in [1.165, 1.54) is 19.3 Å². The van der Waals surface area contributed by atoms with Crippen molar-refractivity contribution < 1.29 is 9.90 Å². The van der Waals surface area contributed by atoms with Crippen LogP contribution in [0.15, 0.2) is 24.4 Å². The lowest BCUT2D eigenvalue weighted by Gasteiger charge is -2.26. The Labute approximate surface area is 118 Å². The van der Waals surface area contributed by atoms with E-state index in [4.69, 9.17) is 0 Å². The number of hydrogen-bond acceptors (Lipinski definition) is 2. The molecule has 0 bridgehead atoms. The van der Waals surface area contributed by atoms with Crippen LogP contribution >= 0.6 is 0 Å². The van der Waals surface area contributed by atoms with E-state index in [-0.39, 0.29) is 0 Å². The van der Waals surface area contributed by atoms with Crippen LogP contribution in [0.3, 0.4) is 0 Å². The summed E-state index contributed by atoms with van der Waals surface area (Å²) in [5.41, 5.74) is 2.54. The van der Waals surface area contributed by atoms with E-state index >= 15 is 0 Å². The summed E-state index contributed by atoms with van der Waals surface area (Å²) in [5.74, 6) is -0.846. The molecule has 1 N–H and O–H groups in total. The Morgan fingerprint density at radius 2 is 2.00 bits per heavy atom. The molecular formula is C16H20N2O2. The van der Waals surface area contributed by atoms with Gasteiger partial charge in [-0.1, -0.05) is 12.5 Å². The standard InChI is InChI=1S/C16H20N2O2/c1-17-10-12(11-18-8-3-2-4-9-18)15-13(16(19)20)6-5-7-14(15)17/h5-7,10H,2-4,8-9,11H2,1H3,(H,19,20). The highest BCUT2D eigenvalue weighted by Crippen LogP contribution is 2.26. The SMILES string of the molecule is Cn1cc(CN2CCCCC2)c2c(C(=O)O)cccc21. The molecule has 4 nitrogen and oxygen atoms in total. The van der Waals surface area contributed by atoms with Gasteiger partial charge >= 0.3 is 5.97 Å².